The van der Waals surface area contributed by atoms with E-state index in [2.05, 4.69) is 18.1 Å². The van der Waals surface area contributed by atoms with Crippen LogP contribution in [0.25, 0.3) is 11.0 Å². The Morgan fingerprint density at radius 1 is 1.16 bits per heavy atom. The number of thiol groups is 1. The SMILES string of the molecule is CNC(=O)c1c(N2CCOCC2)oc2cc(N(C)S)c(B3OC(C)(C)C(C)(C)O3)cc12. The van der Waals surface area contributed by atoms with Crippen molar-refractivity contribution in [3.8, 4) is 0 Å². The molecule has 1 N–H and O–H groups in total. The summed E-state index contributed by atoms with van der Waals surface area (Å²) in [6.07, 6.45) is 0. The second-order valence-corrected chi connectivity index (χ2v) is 9.58. The number of carbonyl (C=O) groups excluding carboxylic acids is 1. The number of furan rings is 1. The number of anilines is 2. The minimum absolute atomic E-state index is 0.202. The topological polar surface area (TPSA) is 76.4 Å². The minimum Gasteiger partial charge on any atom is -0.440 e. The van der Waals surface area contributed by atoms with Crippen LogP contribution >= 0.6 is 12.8 Å². The molecule has 0 unspecified atom stereocenters. The molecular formula is C21H30BN3O5S. The van der Waals surface area contributed by atoms with Gasteiger partial charge in [0, 0.05) is 49.8 Å². The van der Waals surface area contributed by atoms with Crippen molar-refractivity contribution in [3.05, 3.63) is 17.7 Å². The van der Waals surface area contributed by atoms with E-state index in [1.807, 2.05) is 51.8 Å². The molecule has 168 valence electrons. The van der Waals surface area contributed by atoms with Crippen LogP contribution in [0.2, 0.25) is 0 Å². The Hall–Kier alpha value is -1.88. The van der Waals surface area contributed by atoms with Gasteiger partial charge in [0.05, 0.1) is 24.4 Å². The van der Waals surface area contributed by atoms with Crippen LogP contribution in [0.15, 0.2) is 16.5 Å². The third kappa shape index (κ3) is 3.79. The van der Waals surface area contributed by atoms with Crippen LogP contribution in [0.3, 0.4) is 0 Å². The monoisotopic (exact) mass is 447 g/mol. The van der Waals surface area contributed by atoms with Gasteiger partial charge in [0.2, 0.25) is 5.88 Å². The van der Waals surface area contributed by atoms with Crippen LogP contribution in [0, 0.1) is 0 Å². The van der Waals surface area contributed by atoms with Gasteiger partial charge in [-0.15, -0.1) is 0 Å². The number of benzene rings is 1. The van der Waals surface area contributed by atoms with Crippen molar-refractivity contribution in [3.63, 3.8) is 0 Å². The highest BCUT2D eigenvalue weighted by Gasteiger charge is 2.52. The molecule has 0 saturated carbocycles. The molecule has 0 spiro atoms. The Morgan fingerprint density at radius 2 is 1.77 bits per heavy atom. The summed E-state index contributed by atoms with van der Waals surface area (Å²) in [6, 6.07) is 3.82. The van der Waals surface area contributed by atoms with E-state index in [0.717, 1.165) is 11.2 Å². The van der Waals surface area contributed by atoms with Gasteiger partial charge in [0.15, 0.2) is 0 Å². The quantitative estimate of drug-likeness (QED) is 0.550. The van der Waals surface area contributed by atoms with Crippen molar-refractivity contribution in [2.24, 2.45) is 0 Å². The maximum Gasteiger partial charge on any atom is 0.497 e. The number of rotatable bonds is 4. The van der Waals surface area contributed by atoms with E-state index >= 15 is 0 Å². The van der Waals surface area contributed by atoms with E-state index < -0.39 is 18.3 Å². The van der Waals surface area contributed by atoms with Gasteiger partial charge in [0.1, 0.15) is 11.1 Å². The molecule has 31 heavy (non-hydrogen) atoms. The fraction of sp³-hybridized carbons (Fsp3) is 0.571. The molecule has 2 fully saturated rings. The Balaban J connectivity index is 1.89. The van der Waals surface area contributed by atoms with Crippen molar-refractivity contribution in [2.75, 3.05) is 49.6 Å². The number of nitrogens with zero attached hydrogens (tertiary/aromatic N) is 2. The fourth-order valence-electron chi connectivity index (χ4n) is 3.91. The van der Waals surface area contributed by atoms with E-state index in [4.69, 9.17) is 18.5 Å². The molecule has 0 radical (unpaired) electrons. The molecule has 2 saturated heterocycles. The number of morpholine rings is 1. The zero-order valence-corrected chi connectivity index (χ0v) is 19.8. The molecule has 4 rings (SSSR count). The third-order valence-corrected chi connectivity index (χ3v) is 6.64. The highest BCUT2D eigenvalue weighted by molar-refractivity contribution is 7.81. The molecular weight excluding hydrogens is 417 g/mol. The van der Waals surface area contributed by atoms with Gasteiger partial charge >= 0.3 is 7.12 Å². The highest BCUT2D eigenvalue weighted by Crippen LogP contribution is 2.39. The molecule has 0 aliphatic carbocycles. The van der Waals surface area contributed by atoms with E-state index in [9.17, 15) is 4.79 Å². The summed E-state index contributed by atoms with van der Waals surface area (Å²) in [5.41, 5.74) is 1.72. The summed E-state index contributed by atoms with van der Waals surface area (Å²) in [4.78, 5) is 14.9. The summed E-state index contributed by atoms with van der Waals surface area (Å²) in [7, 11) is 2.86. The maximum absolute atomic E-state index is 12.9. The van der Waals surface area contributed by atoms with Gasteiger partial charge in [-0.05, 0) is 33.8 Å². The van der Waals surface area contributed by atoms with Gasteiger partial charge in [-0.3, -0.25) is 4.79 Å². The minimum atomic E-state index is -0.599. The largest absolute Gasteiger partial charge is 0.497 e. The van der Waals surface area contributed by atoms with Crippen LogP contribution in [-0.4, -0.2) is 64.6 Å². The van der Waals surface area contributed by atoms with Gasteiger partial charge in [0.25, 0.3) is 5.91 Å². The molecule has 2 aliphatic rings. The average Bonchev–Trinajstić information content (AvgIpc) is 3.20. The Bertz CT molecular complexity index is 985. The van der Waals surface area contributed by atoms with Crippen LogP contribution in [0.4, 0.5) is 11.6 Å². The first kappa shape index (κ1) is 22.3. The number of hydrogen-bond donors (Lipinski definition) is 2. The smallest absolute Gasteiger partial charge is 0.440 e. The predicted molar refractivity (Wildman–Crippen MR) is 126 cm³/mol. The molecule has 2 aromatic rings. The van der Waals surface area contributed by atoms with Gasteiger partial charge in [-0.2, -0.15) is 0 Å². The van der Waals surface area contributed by atoms with E-state index in [-0.39, 0.29) is 5.91 Å². The molecule has 1 amide bonds. The molecule has 1 aromatic carbocycles. The molecule has 0 atom stereocenters. The molecule has 3 heterocycles. The number of carbonyl (C=O) groups is 1. The number of nitrogens with one attached hydrogen (secondary N) is 1. The number of ether oxygens (including phenoxy) is 1. The zero-order chi connectivity index (χ0) is 22.6. The van der Waals surface area contributed by atoms with Gasteiger partial charge in [-0.25, -0.2) is 0 Å². The first-order valence-electron chi connectivity index (χ1n) is 10.5. The molecule has 0 bridgehead atoms. The first-order chi connectivity index (χ1) is 14.6. The van der Waals surface area contributed by atoms with E-state index in [1.54, 1.807) is 11.4 Å². The van der Waals surface area contributed by atoms with Crippen molar-refractivity contribution in [2.45, 2.75) is 38.9 Å². The second kappa shape index (κ2) is 7.92. The normalized spacial score (nSPS) is 20.4. The van der Waals surface area contributed by atoms with Gasteiger partial charge in [-0.1, -0.05) is 12.8 Å². The summed E-state index contributed by atoms with van der Waals surface area (Å²) >= 11 is 4.53. The Labute approximate surface area is 188 Å². The van der Waals surface area contributed by atoms with Crippen LogP contribution in [0.5, 0.6) is 0 Å². The number of amides is 1. The summed E-state index contributed by atoms with van der Waals surface area (Å²) in [6.45, 7) is 10.6. The van der Waals surface area contributed by atoms with Crippen molar-refractivity contribution < 1.29 is 23.3 Å². The predicted octanol–water partition coefficient (Wildman–Crippen LogP) is 2.21. The van der Waals surface area contributed by atoms with Crippen LogP contribution in [0.1, 0.15) is 38.1 Å². The Kier molecular flexibility index (Phi) is 5.70. The lowest BCUT2D eigenvalue weighted by molar-refractivity contribution is 0.00578. The third-order valence-electron chi connectivity index (χ3n) is 6.43. The summed E-state index contributed by atoms with van der Waals surface area (Å²) in [5, 5.41) is 3.46. The number of fused-ring (bicyclic) bond motifs is 1. The van der Waals surface area contributed by atoms with Crippen molar-refractivity contribution in [1.82, 2.24) is 5.32 Å². The van der Waals surface area contributed by atoms with E-state index in [1.165, 1.54) is 0 Å². The fourth-order valence-corrected chi connectivity index (χ4v) is 4.08. The summed E-state index contributed by atoms with van der Waals surface area (Å²) in [5.74, 6) is 0.351. The standard InChI is InChI=1S/C21H30BN3O5S/c1-20(2)21(3,4)30-22(29-20)14-11-13-16(12-15(14)24(6)31)28-19(17(13)18(26)23-5)25-7-9-27-10-8-25/h11-12,31H,7-10H2,1-6H3,(H,23,26). The molecule has 10 heteroatoms. The Morgan fingerprint density at radius 3 is 2.32 bits per heavy atom. The second-order valence-electron chi connectivity index (χ2n) is 8.98. The molecule has 8 nitrogen and oxygen atoms in total. The highest BCUT2D eigenvalue weighted by atomic mass is 32.1. The lowest BCUT2D eigenvalue weighted by atomic mass is 9.77. The van der Waals surface area contributed by atoms with Gasteiger partial charge < -0.3 is 33.0 Å². The lowest BCUT2D eigenvalue weighted by Gasteiger charge is -2.32. The van der Waals surface area contributed by atoms with E-state index in [0.29, 0.717) is 48.7 Å². The lowest BCUT2D eigenvalue weighted by Crippen LogP contribution is -2.41. The zero-order valence-electron chi connectivity index (χ0n) is 18.9. The first-order valence-corrected chi connectivity index (χ1v) is 10.9. The average molecular weight is 447 g/mol. The maximum atomic E-state index is 12.9. The van der Waals surface area contributed by atoms with Crippen molar-refractivity contribution >= 4 is 53.8 Å². The molecule has 1 aromatic heterocycles. The summed E-state index contributed by atoms with van der Waals surface area (Å²) < 4.78 is 26.0. The van der Waals surface area contributed by atoms with Crippen LogP contribution < -0.4 is 20.0 Å². The van der Waals surface area contributed by atoms with Crippen molar-refractivity contribution in [1.29, 1.82) is 0 Å². The van der Waals surface area contributed by atoms with Crippen LogP contribution in [-0.2, 0) is 14.0 Å². The molecule has 2 aliphatic heterocycles. The number of hydrogen-bond acceptors (Lipinski definition) is 8.